The standard InChI is InChI=1S/C45H31N3/c1-45(2)38-23-22-34(33-21-20-28-12-6-7-15-30(28)24-33)26-37(38)42-43(45)46-41(29-13-4-3-5-14-29)44(47-42)48-39-19-11-10-18-35(39)36-25-31-16-8-9-17-32(31)27-40(36)48/h3-27H,1-2H3. The third-order valence-corrected chi connectivity index (χ3v) is 10.3. The maximum atomic E-state index is 5.67. The van der Waals surface area contributed by atoms with Crippen LogP contribution in [-0.4, -0.2) is 14.5 Å². The summed E-state index contributed by atoms with van der Waals surface area (Å²) >= 11 is 0. The molecule has 2 heterocycles. The van der Waals surface area contributed by atoms with Gasteiger partial charge in [-0.1, -0.05) is 135 Å². The van der Waals surface area contributed by atoms with E-state index in [9.17, 15) is 0 Å². The molecule has 0 spiro atoms. The molecular weight excluding hydrogens is 583 g/mol. The van der Waals surface area contributed by atoms with Gasteiger partial charge in [0, 0.05) is 27.3 Å². The van der Waals surface area contributed by atoms with Crippen LogP contribution in [0.4, 0.5) is 0 Å². The molecule has 1 aliphatic rings. The van der Waals surface area contributed by atoms with Gasteiger partial charge < -0.3 is 0 Å². The molecule has 0 fully saturated rings. The predicted molar refractivity (Wildman–Crippen MR) is 200 cm³/mol. The molecule has 48 heavy (non-hydrogen) atoms. The molecule has 0 unspecified atom stereocenters. The lowest BCUT2D eigenvalue weighted by Gasteiger charge is -2.21. The molecule has 0 amide bonds. The fourth-order valence-electron chi connectivity index (χ4n) is 7.84. The number of aromatic nitrogens is 3. The van der Waals surface area contributed by atoms with Crippen molar-refractivity contribution in [2.75, 3.05) is 0 Å². The zero-order valence-corrected chi connectivity index (χ0v) is 26.8. The van der Waals surface area contributed by atoms with Crippen LogP contribution in [0.1, 0.15) is 25.1 Å². The van der Waals surface area contributed by atoms with Crippen LogP contribution in [0.15, 0.2) is 152 Å². The van der Waals surface area contributed by atoms with Crippen molar-refractivity contribution in [3.63, 3.8) is 0 Å². The van der Waals surface area contributed by atoms with Gasteiger partial charge in [0.25, 0.3) is 0 Å². The van der Waals surface area contributed by atoms with Crippen LogP contribution in [0.2, 0.25) is 0 Å². The van der Waals surface area contributed by atoms with E-state index in [0.29, 0.717) is 0 Å². The molecule has 2 aromatic heterocycles. The summed E-state index contributed by atoms with van der Waals surface area (Å²) in [6.45, 7) is 4.56. The average molecular weight is 614 g/mol. The Morgan fingerprint density at radius 3 is 1.92 bits per heavy atom. The van der Waals surface area contributed by atoms with E-state index in [1.165, 1.54) is 49.0 Å². The van der Waals surface area contributed by atoms with Crippen LogP contribution in [0.5, 0.6) is 0 Å². The first-order chi connectivity index (χ1) is 23.5. The van der Waals surface area contributed by atoms with E-state index in [1.54, 1.807) is 0 Å². The summed E-state index contributed by atoms with van der Waals surface area (Å²) in [5.74, 6) is 0.848. The Kier molecular flexibility index (Phi) is 5.63. The summed E-state index contributed by atoms with van der Waals surface area (Å²) in [5.41, 5.74) is 10.7. The van der Waals surface area contributed by atoms with Gasteiger partial charge >= 0.3 is 0 Å². The lowest BCUT2D eigenvalue weighted by molar-refractivity contribution is 0.635. The summed E-state index contributed by atoms with van der Waals surface area (Å²) in [6.07, 6.45) is 0. The van der Waals surface area contributed by atoms with Gasteiger partial charge in [0.15, 0.2) is 5.82 Å². The van der Waals surface area contributed by atoms with Crippen LogP contribution >= 0.6 is 0 Å². The van der Waals surface area contributed by atoms with Gasteiger partial charge in [-0.2, -0.15) is 0 Å². The molecular formula is C45H31N3. The van der Waals surface area contributed by atoms with E-state index in [0.717, 1.165) is 45.1 Å². The number of benzene rings is 7. The van der Waals surface area contributed by atoms with Crippen molar-refractivity contribution in [3.8, 4) is 39.5 Å². The lowest BCUT2D eigenvalue weighted by atomic mass is 9.84. The van der Waals surface area contributed by atoms with Crippen molar-refractivity contribution in [2.45, 2.75) is 19.3 Å². The molecule has 226 valence electrons. The number of para-hydroxylation sites is 1. The Morgan fingerprint density at radius 1 is 0.458 bits per heavy atom. The maximum Gasteiger partial charge on any atom is 0.165 e. The summed E-state index contributed by atoms with van der Waals surface area (Å²) in [5, 5.41) is 7.34. The topological polar surface area (TPSA) is 30.7 Å². The smallest absolute Gasteiger partial charge is 0.165 e. The van der Waals surface area contributed by atoms with Crippen LogP contribution < -0.4 is 0 Å². The fourth-order valence-corrected chi connectivity index (χ4v) is 7.84. The van der Waals surface area contributed by atoms with Gasteiger partial charge in [0.1, 0.15) is 5.69 Å². The van der Waals surface area contributed by atoms with E-state index in [-0.39, 0.29) is 5.41 Å². The molecule has 0 saturated heterocycles. The highest BCUT2D eigenvalue weighted by atomic mass is 15.1. The highest BCUT2D eigenvalue weighted by Crippen LogP contribution is 2.50. The maximum absolute atomic E-state index is 5.67. The Balaban J connectivity index is 1.28. The molecule has 7 aromatic carbocycles. The Bertz CT molecular complexity index is 2750. The summed E-state index contributed by atoms with van der Waals surface area (Å²) < 4.78 is 2.34. The molecule has 1 aliphatic carbocycles. The van der Waals surface area contributed by atoms with Crippen LogP contribution in [-0.2, 0) is 5.41 Å². The van der Waals surface area contributed by atoms with Gasteiger partial charge in [0.2, 0.25) is 0 Å². The Hall–Kier alpha value is -6.06. The highest BCUT2D eigenvalue weighted by molar-refractivity contribution is 6.13. The van der Waals surface area contributed by atoms with Crippen molar-refractivity contribution < 1.29 is 0 Å². The molecule has 0 N–H and O–H groups in total. The first-order valence-corrected chi connectivity index (χ1v) is 16.6. The van der Waals surface area contributed by atoms with Crippen molar-refractivity contribution in [2.24, 2.45) is 0 Å². The molecule has 0 radical (unpaired) electrons. The van der Waals surface area contributed by atoms with E-state index in [2.05, 4.69) is 170 Å². The Labute approximate surface area is 278 Å². The van der Waals surface area contributed by atoms with E-state index < -0.39 is 0 Å². The van der Waals surface area contributed by atoms with Gasteiger partial charge in [-0.3, -0.25) is 4.57 Å². The number of fused-ring (bicyclic) bond motifs is 8. The zero-order valence-electron chi connectivity index (χ0n) is 26.8. The van der Waals surface area contributed by atoms with Crippen molar-refractivity contribution in [3.05, 3.63) is 163 Å². The van der Waals surface area contributed by atoms with E-state index in [1.807, 2.05) is 0 Å². The van der Waals surface area contributed by atoms with Crippen molar-refractivity contribution in [1.82, 2.24) is 14.5 Å². The van der Waals surface area contributed by atoms with Gasteiger partial charge in [-0.05, 0) is 68.6 Å². The summed E-state index contributed by atoms with van der Waals surface area (Å²) in [7, 11) is 0. The minimum Gasteiger partial charge on any atom is -0.292 e. The van der Waals surface area contributed by atoms with Crippen LogP contribution in [0.25, 0.3) is 82.8 Å². The van der Waals surface area contributed by atoms with Gasteiger partial charge in [-0.15, -0.1) is 0 Å². The van der Waals surface area contributed by atoms with E-state index >= 15 is 0 Å². The minimum absolute atomic E-state index is 0.307. The first-order valence-electron chi connectivity index (χ1n) is 16.6. The van der Waals surface area contributed by atoms with Crippen LogP contribution in [0.3, 0.4) is 0 Å². The third kappa shape index (κ3) is 3.88. The number of hydrogen-bond donors (Lipinski definition) is 0. The molecule has 0 saturated carbocycles. The lowest BCUT2D eigenvalue weighted by Crippen LogP contribution is -2.18. The first kappa shape index (κ1) is 27.1. The SMILES string of the molecule is CC1(C)c2ccc(-c3ccc4ccccc4c3)cc2-c2nc(-n3c4ccccc4c4cc5ccccc5cc43)c(-c3ccccc3)nc21. The molecule has 9 aromatic rings. The predicted octanol–water partition coefficient (Wildman–Crippen LogP) is 11.5. The second-order valence-corrected chi connectivity index (χ2v) is 13.5. The molecule has 3 heteroatoms. The van der Waals surface area contributed by atoms with Crippen molar-refractivity contribution in [1.29, 1.82) is 0 Å². The third-order valence-electron chi connectivity index (χ3n) is 10.3. The number of rotatable bonds is 3. The largest absolute Gasteiger partial charge is 0.292 e. The molecule has 3 nitrogen and oxygen atoms in total. The molecule has 10 rings (SSSR count). The van der Waals surface area contributed by atoms with Crippen molar-refractivity contribution >= 4 is 43.4 Å². The number of hydrogen-bond acceptors (Lipinski definition) is 2. The number of nitrogens with zero attached hydrogens (tertiary/aromatic N) is 3. The van der Waals surface area contributed by atoms with E-state index in [4.69, 9.17) is 9.97 Å². The van der Waals surface area contributed by atoms with Gasteiger partial charge in [-0.25, -0.2) is 9.97 Å². The monoisotopic (exact) mass is 613 g/mol. The average Bonchev–Trinajstić information content (AvgIpc) is 3.57. The zero-order chi connectivity index (χ0) is 32.0. The highest BCUT2D eigenvalue weighted by Gasteiger charge is 2.40. The summed E-state index contributed by atoms with van der Waals surface area (Å²) in [6, 6.07) is 54.6. The fraction of sp³-hybridized carbons (Fsp3) is 0.0667. The molecule has 0 atom stereocenters. The quantitative estimate of drug-likeness (QED) is 0.198. The van der Waals surface area contributed by atoms with Gasteiger partial charge in [0.05, 0.1) is 22.4 Å². The Morgan fingerprint density at radius 2 is 1.10 bits per heavy atom. The second kappa shape index (κ2) is 9.97. The summed E-state index contributed by atoms with van der Waals surface area (Å²) in [4.78, 5) is 11.3. The minimum atomic E-state index is -0.307. The normalized spacial score (nSPS) is 13.4. The second-order valence-electron chi connectivity index (χ2n) is 13.5. The molecule has 0 aliphatic heterocycles. The molecule has 0 bridgehead atoms. The van der Waals surface area contributed by atoms with Crippen LogP contribution in [0, 0.1) is 0 Å².